The third kappa shape index (κ3) is 3.56. The molecular weight excluding hydrogens is 386 g/mol. The first kappa shape index (κ1) is 19.0. The van der Waals surface area contributed by atoms with Crippen LogP contribution in [0.3, 0.4) is 0 Å². The van der Waals surface area contributed by atoms with Crippen LogP contribution < -0.4 is 14.9 Å². The van der Waals surface area contributed by atoms with Crippen LogP contribution in [0.15, 0.2) is 75.8 Å². The number of carbonyl (C=O) groups excluding carboxylic acids is 1. The van der Waals surface area contributed by atoms with Crippen LogP contribution in [0.1, 0.15) is 31.1 Å². The van der Waals surface area contributed by atoms with Crippen LogP contribution in [-0.2, 0) is 9.53 Å². The molecule has 0 radical (unpaired) electrons. The number of ether oxygens (including phenoxy) is 1. The van der Waals surface area contributed by atoms with E-state index >= 15 is 0 Å². The highest BCUT2D eigenvalue weighted by Crippen LogP contribution is 2.30. The summed E-state index contributed by atoms with van der Waals surface area (Å²) in [4.78, 5) is 35.4. The summed E-state index contributed by atoms with van der Waals surface area (Å²) in [7, 11) is 0. The molecule has 29 heavy (non-hydrogen) atoms. The van der Waals surface area contributed by atoms with E-state index in [0.29, 0.717) is 26.3 Å². The molecule has 1 aromatic carbocycles. The van der Waals surface area contributed by atoms with Gasteiger partial charge in [0, 0.05) is 6.20 Å². The highest BCUT2D eigenvalue weighted by Gasteiger charge is 2.33. The van der Waals surface area contributed by atoms with Crippen LogP contribution in [0.4, 0.5) is 0 Å². The smallest absolute Gasteiger partial charge is 0.338 e. The van der Waals surface area contributed by atoms with E-state index < -0.39 is 12.0 Å². The maximum atomic E-state index is 13.3. The number of fused-ring (bicyclic) bond motifs is 1. The molecule has 4 rings (SSSR count). The van der Waals surface area contributed by atoms with Crippen LogP contribution in [-0.4, -0.2) is 22.1 Å². The number of hydrogen-bond donors (Lipinski definition) is 0. The first-order valence-electron chi connectivity index (χ1n) is 9.25. The maximum Gasteiger partial charge on any atom is 0.338 e. The normalized spacial score (nSPS) is 16.3. The van der Waals surface area contributed by atoms with E-state index in [0.717, 1.165) is 5.56 Å². The maximum absolute atomic E-state index is 13.3. The average Bonchev–Trinajstić information content (AvgIpc) is 3.03. The molecule has 7 heteroatoms. The van der Waals surface area contributed by atoms with Crippen LogP contribution in [0.5, 0.6) is 0 Å². The minimum Gasteiger partial charge on any atom is -0.463 e. The average molecular weight is 405 g/mol. The van der Waals surface area contributed by atoms with Crippen LogP contribution >= 0.6 is 11.3 Å². The monoisotopic (exact) mass is 405 g/mol. The third-order valence-electron chi connectivity index (χ3n) is 4.60. The van der Waals surface area contributed by atoms with Crippen molar-refractivity contribution in [1.82, 2.24) is 9.55 Å². The van der Waals surface area contributed by atoms with Gasteiger partial charge >= 0.3 is 5.97 Å². The number of hydrogen-bond acceptors (Lipinski definition) is 6. The molecule has 1 aliphatic rings. The van der Waals surface area contributed by atoms with E-state index in [1.807, 2.05) is 48.5 Å². The van der Waals surface area contributed by atoms with Gasteiger partial charge in [-0.15, -0.1) is 0 Å². The lowest BCUT2D eigenvalue weighted by molar-refractivity contribution is -0.139. The second-order valence-corrected chi connectivity index (χ2v) is 7.48. The van der Waals surface area contributed by atoms with Crippen molar-refractivity contribution in [3.05, 3.63) is 96.9 Å². The molecule has 0 spiro atoms. The zero-order chi connectivity index (χ0) is 20.4. The van der Waals surface area contributed by atoms with E-state index in [2.05, 4.69) is 9.98 Å². The van der Waals surface area contributed by atoms with Gasteiger partial charge in [-0.3, -0.25) is 14.3 Å². The van der Waals surface area contributed by atoms with Crippen LogP contribution in [0, 0.1) is 0 Å². The standard InChI is InChI=1S/C22H19N3O3S/c1-3-28-21(27)18-14(2)24-22-25(19(18)15-9-5-4-6-10-15)20(26)17(29-22)13-16-11-7-8-12-23-16/h4-13,19H,3H2,1-2H3/b17-13+/t19-/m0/s1. The Bertz CT molecular complexity index is 1260. The van der Waals surface area contributed by atoms with Gasteiger partial charge < -0.3 is 4.74 Å². The van der Waals surface area contributed by atoms with Gasteiger partial charge in [-0.2, -0.15) is 0 Å². The van der Waals surface area contributed by atoms with E-state index in [9.17, 15) is 9.59 Å². The van der Waals surface area contributed by atoms with E-state index in [4.69, 9.17) is 4.74 Å². The summed E-state index contributed by atoms with van der Waals surface area (Å²) >= 11 is 1.29. The van der Waals surface area contributed by atoms with E-state index in [1.165, 1.54) is 11.3 Å². The quantitative estimate of drug-likeness (QED) is 0.624. The Morgan fingerprint density at radius 1 is 1.21 bits per heavy atom. The second-order valence-electron chi connectivity index (χ2n) is 6.47. The SMILES string of the molecule is CCOC(=O)C1=C(C)N=c2s/c(=C/c3ccccn3)c(=O)n2[C@H]1c1ccccc1. The number of allylic oxidation sites excluding steroid dienone is 1. The van der Waals surface area contributed by atoms with Gasteiger partial charge in [-0.05, 0) is 37.6 Å². The van der Waals surface area contributed by atoms with Crippen molar-refractivity contribution in [2.24, 2.45) is 4.99 Å². The van der Waals surface area contributed by atoms with Gasteiger partial charge in [0.25, 0.3) is 5.56 Å². The minimum atomic E-state index is -0.586. The van der Waals surface area contributed by atoms with E-state index in [1.54, 1.807) is 30.7 Å². The summed E-state index contributed by atoms with van der Waals surface area (Å²) in [5.41, 5.74) is 2.26. The van der Waals surface area contributed by atoms with Crippen molar-refractivity contribution in [2.45, 2.75) is 19.9 Å². The van der Waals surface area contributed by atoms with Crippen molar-refractivity contribution in [3.63, 3.8) is 0 Å². The van der Waals surface area contributed by atoms with Gasteiger partial charge in [-0.1, -0.05) is 47.7 Å². The highest BCUT2D eigenvalue weighted by molar-refractivity contribution is 7.07. The number of nitrogens with zero attached hydrogens (tertiary/aromatic N) is 3. The van der Waals surface area contributed by atoms with Gasteiger partial charge in [-0.25, -0.2) is 9.79 Å². The second kappa shape index (κ2) is 7.97. The lowest BCUT2D eigenvalue weighted by Crippen LogP contribution is -2.39. The largest absolute Gasteiger partial charge is 0.463 e. The van der Waals surface area contributed by atoms with Crippen molar-refractivity contribution >= 4 is 23.4 Å². The molecule has 0 saturated carbocycles. The zero-order valence-corrected chi connectivity index (χ0v) is 16.8. The molecule has 0 aliphatic carbocycles. The first-order valence-corrected chi connectivity index (χ1v) is 10.1. The molecule has 6 nitrogen and oxygen atoms in total. The fourth-order valence-corrected chi connectivity index (χ4v) is 4.37. The number of esters is 1. The number of rotatable bonds is 4. The van der Waals surface area contributed by atoms with E-state index in [-0.39, 0.29) is 12.2 Å². The van der Waals surface area contributed by atoms with Gasteiger partial charge in [0.1, 0.15) is 0 Å². The fraction of sp³-hybridized carbons (Fsp3) is 0.182. The number of aromatic nitrogens is 2. The fourth-order valence-electron chi connectivity index (χ4n) is 3.34. The topological polar surface area (TPSA) is 73.6 Å². The summed E-state index contributed by atoms with van der Waals surface area (Å²) in [6.45, 7) is 3.78. The Balaban J connectivity index is 1.96. The Labute approximate surface area is 171 Å². The lowest BCUT2D eigenvalue weighted by atomic mass is 9.96. The molecule has 146 valence electrons. The first-order chi connectivity index (χ1) is 14.1. The Hall–Kier alpha value is -3.32. The van der Waals surface area contributed by atoms with Gasteiger partial charge in [0.05, 0.1) is 34.1 Å². The number of thiazole rings is 1. The zero-order valence-electron chi connectivity index (χ0n) is 16.0. The van der Waals surface area contributed by atoms with Crippen molar-refractivity contribution in [1.29, 1.82) is 0 Å². The molecule has 0 unspecified atom stereocenters. The third-order valence-corrected chi connectivity index (χ3v) is 5.58. The lowest BCUT2D eigenvalue weighted by Gasteiger charge is -2.24. The molecule has 3 aromatic rings. The van der Waals surface area contributed by atoms with Crippen LogP contribution in [0.2, 0.25) is 0 Å². The summed E-state index contributed by atoms with van der Waals surface area (Å²) in [6, 6.07) is 14.4. The molecular formula is C22H19N3O3S. The van der Waals surface area contributed by atoms with Gasteiger partial charge in [0.15, 0.2) is 4.80 Å². The molecule has 0 N–H and O–H groups in total. The molecule has 0 amide bonds. The molecule has 1 aliphatic heterocycles. The van der Waals surface area contributed by atoms with Crippen molar-refractivity contribution < 1.29 is 9.53 Å². The van der Waals surface area contributed by atoms with Crippen LogP contribution in [0.25, 0.3) is 6.08 Å². The van der Waals surface area contributed by atoms with Crippen molar-refractivity contribution in [3.8, 4) is 0 Å². The predicted octanol–water partition coefficient (Wildman–Crippen LogP) is 2.19. The summed E-state index contributed by atoms with van der Waals surface area (Å²) in [5.74, 6) is -0.457. The minimum absolute atomic E-state index is 0.206. The Morgan fingerprint density at radius 2 is 1.97 bits per heavy atom. The van der Waals surface area contributed by atoms with Gasteiger partial charge in [0.2, 0.25) is 0 Å². The summed E-state index contributed by atoms with van der Waals surface area (Å²) in [5, 5.41) is 0. The molecule has 0 saturated heterocycles. The number of benzene rings is 1. The molecule has 0 bridgehead atoms. The molecule has 1 atom stereocenters. The predicted molar refractivity (Wildman–Crippen MR) is 111 cm³/mol. The Morgan fingerprint density at radius 3 is 2.66 bits per heavy atom. The molecule has 2 aromatic heterocycles. The highest BCUT2D eigenvalue weighted by atomic mass is 32.1. The van der Waals surface area contributed by atoms with Crippen molar-refractivity contribution in [2.75, 3.05) is 6.61 Å². The Kier molecular flexibility index (Phi) is 5.22. The molecule has 3 heterocycles. The summed E-state index contributed by atoms with van der Waals surface area (Å²) in [6.07, 6.45) is 3.42. The molecule has 0 fully saturated rings. The summed E-state index contributed by atoms with van der Waals surface area (Å²) < 4.78 is 7.37. The number of carbonyl (C=O) groups is 1. The number of pyridine rings is 1.